The van der Waals surface area contributed by atoms with Crippen LogP contribution in [0.15, 0.2) is 41.6 Å². The molecule has 1 atom stereocenters. The van der Waals surface area contributed by atoms with Gasteiger partial charge in [0.05, 0.1) is 10.3 Å². The number of ether oxygens (including phenoxy) is 2. The van der Waals surface area contributed by atoms with E-state index >= 15 is 0 Å². The van der Waals surface area contributed by atoms with Crippen molar-refractivity contribution in [3.63, 3.8) is 0 Å². The van der Waals surface area contributed by atoms with Crippen molar-refractivity contribution >= 4 is 23.4 Å². The summed E-state index contributed by atoms with van der Waals surface area (Å²) in [5.41, 5.74) is 1.79. The first kappa shape index (κ1) is 14.7. The zero-order valence-corrected chi connectivity index (χ0v) is 13.1. The fraction of sp³-hybridized carbons (Fsp3) is 0.250. The highest BCUT2D eigenvalue weighted by atomic mass is 32.2. The lowest BCUT2D eigenvalue weighted by molar-refractivity contribution is -0.115. The number of carbonyl (C=O) groups is 1. The molecule has 114 valence electrons. The van der Waals surface area contributed by atoms with Crippen LogP contribution >= 0.6 is 11.8 Å². The second-order valence-electron chi connectivity index (χ2n) is 4.99. The fourth-order valence-corrected chi connectivity index (χ4v) is 2.77. The molecule has 2 heterocycles. The molecule has 6 heteroatoms. The van der Waals surface area contributed by atoms with E-state index in [9.17, 15) is 4.79 Å². The Hall–Kier alpha value is -2.21. The maximum Gasteiger partial charge on any atom is 0.237 e. The second-order valence-corrected chi connectivity index (χ2v) is 6.35. The van der Waals surface area contributed by atoms with Crippen molar-refractivity contribution < 1.29 is 14.3 Å². The summed E-state index contributed by atoms with van der Waals surface area (Å²) < 4.78 is 10.5. The SMILES string of the molecule is Cc1ccc(SC(C)C(=O)Nc2ccc3c(c2)OCO3)nc1. The average Bonchev–Trinajstić information content (AvgIpc) is 2.97. The summed E-state index contributed by atoms with van der Waals surface area (Å²) in [6, 6.07) is 9.26. The van der Waals surface area contributed by atoms with Crippen LogP contribution in [0.25, 0.3) is 0 Å². The number of benzene rings is 1. The van der Waals surface area contributed by atoms with E-state index in [1.807, 2.05) is 26.0 Å². The molecule has 1 aliphatic heterocycles. The number of rotatable bonds is 4. The number of aromatic nitrogens is 1. The van der Waals surface area contributed by atoms with Crippen LogP contribution in [0.2, 0.25) is 0 Å². The lowest BCUT2D eigenvalue weighted by Gasteiger charge is -2.12. The van der Waals surface area contributed by atoms with E-state index in [-0.39, 0.29) is 18.0 Å². The van der Waals surface area contributed by atoms with Gasteiger partial charge in [-0.25, -0.2) is 4.98 Å². The highest BCUT2D eigenvalue weighted by Gasteiger charge is 2.18. The maximum absolute atomic E-state index is 12.3. The first-order chi connectivity index (χ1) is 10.6. The minimum Gasteiger partial charge on any atom is -0.454 e. The Morgan fingerprint density at radius 3 is 2.86 bits per heavy atom. The topological polar surface area (TPSA) is 60.5 Å². The minimum absolute atomic E-state index is 0.0776. The van der Waals surface area contributed by atoms with E-state index in [1.165, 1.54) is 11.8 Å². The molecule has 0 fully saturated rings. The molecule has 3 rings (SSSR count). The van der Waals surface area contributed by atoms with Crippen molar-refractivity contribution in [1.82, 2.24) is 4.98 Å². The molecular formula is C16H16N2O3S. The van der Waals surface area contributed by atoms with Crippen LogP contribution in [0.4, 0.5) is 5.69 Å². The molecule has 1 aliphatic rings. The summed E-state index contributed by atoms with van der Waals surface area (Å²) in [5, 5.41) is 3.46. The predicted octanol–water partition coefficient (Wildman–Crippen LogP) is 3.24. The molecule has 0 saturated carbocycles. The summed E-state index contributed by atoms with van der Waals surface area (Å²) in [6.07, 6.45) is 1.80. The molecule has 0 spiro atoms. The van der Waals surface area contributed by atoms with Crippen LogP contribution in [0.5, 0.6) is 11.5 Å². The monoisotopic (exact) mass is 316 g/mol. The van der Waals surface area contributed by atoms with Crippen LogP contribution in [0, 0.1) is 6.92 Å². The average molecular weight is 316 g/mol. The lowest BCUT2D eigenvalue weighted by Crippen LogP contribution is -2.22. The molecule has 5 nitrogen and oxygen atoms in total. The highest BCUT2D eigenvalue weighted by Crippen LogP contribution is 2.34. The molecule has 0 aliphatic carbocycles. The summed E-state index contributed by atoms with van der Waals surface area (Å²) >= 11 is 1.43. The standard InChI is InChI=1S/C16H16N2O3S/c1-10-3-6-15(17-8-10)22-11(2)16(19)18-12-4-5-13-14(7-12)21-9-20-13/h3-8,11H,9H2,1-2H3,(H,18,19). The van der Waals surface area contributed by atoms with Gasteiger partial charge in [0.2, 0.25) is 12.7 Å². The molecule has 1 amide bonds. The summed E-state index contributed by atoms with van der Waals surface area (Å²) in [4.78, 5) is 16.6. The fourth-order valence-electron chi connectivity index (χ4n) is 1.98. The van der Waals surface area contributed by atoms with Gasteiger partial charge >= 0.3 is 0 Å². The largest absolute Gasteiger partial charge is 0.454 e. The van der Waals surface area contributed by atoms with Crippen LogP contribution in [-0.2, 0) is 4.79 Å². The van der Waals surface area contributed by atoms with Crippen LogP contribution in [-0.4, -0.2) is 22.9 Å². The van der Waals surface area contributed by atoms with Crippen molar-refractivity contribution in [3.8, 4) is 11.5 Å². The number of carbonyl (C=O) groups excluding carboxylic acids is 1. The third-order valence-corrected chi connectivity index (χ3v) is 4.24. The Bertz CT molecular complexity index is 688. The number of anilines is 1. The van der Waals surface area contributed by atoms with E-state index < -0.39 is 0 Å². The zero-order chi connectivity index (χ0) is 15.5. The molecule has 22 heavy (non-hydrogen) atoms. The van der Waals surface area contributed by atoms with Crippen molar-refractivity contribution in [1.29, 1.82) is 0 Å². The number of hydrogen-bond acceptors (Lipinski definition) is 5. The van der Waals surface area contributed by atoms with E-state index in [0.717, 1.165) is 10.6 Å². The smallest absolute Gasteiger partial charge is 0.237 e. The van der Waals surface area contributed by atoms with Gasteiger partial charge in [-0.15, -0.1) is 0 Å². The third-order valence-electron chi connectivity index (χ3n) is 3.19. The quantitative estimate of drug-likeness (QED) is 0.878. The van der Waals surface area contributed by atoms with E-state index in [4.69, 9.17) is 9.47 Å². The number of nitrogens with zero attached hydrogens (tertiary/aromatic N) is 1. The number of aryl methyl sites for hydroxylation is 1. The molecule has 1 unspecified atom stereocenters. The Morgan fingerprint density at radius 2 is 2.09 bits per heavy atom. The molecule has 0 radical (unpaired) electrons. The van der Waals surface area contributed by atoms with Gasteiger partial charge in [0.1, 0.15) is 0 Å². The number of amides is 1. The number of nitrogens with one attached hydrogen (secondary N) is 1. The molecular weight excluding hydrogens is 300 g/mol. The van der Waals surface area contributed by atoms with Crippen molar-refractivity contribution in [2.75, 3.05) is 12.1 Å². The summed E-state index contributed by atoms with van der Waals surface area (Å²) in [5.74, 6) is 1.27. The van der Waals surface area contributed by atoms with Crippen molar-refractivity contribution in [3.05, 3.63) is 42.1 Å². The normalized spacial score (nSPS) is 13.7. The van der Waals surface area contributed by atoms with Gasteiger partial charge in [0.25, 0.3) is 0 Å². The molecule has 1 aromatic carbocycles. The number of thioether (sulfide) groups is 1. The molecule has 1 N–H and O–H groups in total. The Morgan fingerprint density at radius 1 is 1.27 bits per heavy atom. The van der Waals surface area contributed by atoms with Crippen LogP contribution in [0.1, 0.15) is 12.5 Å². The first-order valence-corrected chi connectivity index (χ1v) is 7.79. The molecule has 1 aromatic heterocycles. The van der Waals surface area contributed by atoms with Crippen LogP contribution in [0.3, 0.4) is 0 Å². The number of hydrogen-bond donors (Lipinski definition) is 1. The Balaban J connectivity index is 1.62. The van der Waals surface area contributed by atoms with Crippen molar-refractivity contribution in [2.45, 2.75) is 24.1 Å². The van der Waals surface area contributed by atoms with E-state index in [1.54, 1.807) is 24.4 Å². The van der Waals surface area contributed by atoms with Gasteiger partial charge in [0, 0.05) is 18.0 Å². The van der Waals surface area contributed by atoms with Gasteiger partial charge in [0.15, 0.2) is 11.5 Å². The lowest BCUT2D eigenvalue weighted by atomic mass is 10.2. The van der Waals surface area contributed by atoms with Crippen LogP contribution < -0.4 is 14.8 Å². The predicted molar refractivity (Wildman–Crippen MR) is 85.5 cm³/mol. The van der Waals surface area contributed by atoms with Gasteiger partial charge in [-0.2, -0.15) is 0 Å². The second kappa shape index (κ2) is 6.27. The number of pyridine rings is 1. The Kier molecular flexibility index (Phi) is 4.20. The first-order valence-electron chi connectivity index (χ1n) is 6.91. The maximum atomic E-state index is 12.3. The third kappa shape index (κ3) is 3.33. The van der Waals surface area contributed by atoms with Crippen molar-refractivity contribution in [2.24, 2.45) is 0 Å². The summed E-state index contributed by atoms with van der Waals surface area (Å²) in [6.45, 7) is 4.06. The van der Waals surface area contributed by atoms with Gasteiger partial charge in [-0.3, -0.25) is 4.79 Å². The zero-order valence-electron chi connectivity index (χ0n) is 12.3. The Labute approximate surface area is 133 Å². The van der Waals surface area contributed by atoms with E-state index in [0.29, 0.717) is 17.2 Å². The van der Waals surface area contributed by atoms with Gasteiger partial charge in [-0.1, -0.05) is 17.8 Å². The highest BCUT2D eigenvalue weighted by molar-refractivity contribution is 8.00. The molecule has 2 aromatic rings. The van der Waals surface area contributed by atoms with Gasteiger partial charge < -0.3 is 14.8 Å². The number of fused-ring (bicyclic) bond motifs is 1. The molecule has 0 bridgehead atoms. The summed E-state index contributed by atoms with van der Waals surface area (Å²) in [7, 11) is 0. The minimum atomic E-state index is -0.249. The van der Waals surface area contributed by atoms with E-state index in [2.05, 4.69) is 10.3 Å². The van der Waals surface area contributed by atoms with Gasteiger partial charge in [-0.05, 0) is 37.6 Å². The molecule has 0 saturated heterocycles.